The third-order valence-corrected chi connectivity index (χ3v) is 2.99. The van der Waals surface area contributed by atoms with Crippen molar-refractivity contribution in [3.05, 3.63) is 47.8 Å². The van der Waals surface area contributed by atoms with Gasteiger partial charge in [-0.25, -0.2) is 9.97 Å². The lowest BCUT2D eigenvalue weighted by Crippen LogP contribution is -2.08. The molecule has 0 aliphatic rings. The first kappa shape index (κ1) is 14.3. The number of aryl methyl sites for hydroxylation is 2. The van der Waals surface area contributed by atoms with Crippen LogP contribution in [0.3, 0.4) is 0 Å². The molecule has 0 amide bonds. The van der Waals surface area contributed by atoms with Gasteiger partial charge in [-0.05, 0) is 32.3 Å². The molecule has 0 atom stereocenters. The summed E-state index contributed by atoms with van der Waals surface area (Å²) in [5, 5.41) is 6.58. The smallest absolute Gasteiger partial charge is 0.131 e. The third-order valence-electron chi connectivity index (χ3n) is 2.99. The van der Waals surface area contributed by atoms with Crippen LogP contribution in [0.4, 0.5) is 11.6 Å². The quantitative estimate of drug-likeness (QED) is 0.758. The van der Waals surface area contributed by atoms with Crippen molar-refractivity contribution in [2.75, 3.05) is 23.7 Å². The van der Waals surface area contributed by atoms with Crippen LogP contribution >= 0.6 is 0 Å². The Hall–Kier alpha value is -2.10. The zero-order valence-electron chi connectivity index (χ0n) is 12.2. The molecule has 0 aliphatic carbocycles. The second-order valence-corrected chi connectivity index (χ2v) is 4.73. The summed E-state index contributed by atoms with van der Waals surface area (Å²) in [5.41, 5.74) is 1.38. The van der Waals surface area contributed by atoms with E-state index in [0.29, 0.717) is 0 Å². The van der Waals surface area contributed by atoms with Gasteiger partial charge >= 0.3 is 0 Å². The van der Waals surface area contributed by atoms with Crippen LogP contribution in [-0.4, -0.2) is 23.1 Å². The summed E-state index contributed by atoms with van der Waals surface area (Å²) in [5.74, 6) is 2.56. The minimum atomic E-state index is 0.786. The van der Waals surface area contributed by atoms with Crippen molar-refractivity contribution in [2.45, 2.75) is 26.7 Å². The molecule has 4 heteroatoms. The van der Waals surface area contributed by atoms with Crippen LogP contribution in [0.25, 0.3) is 0 Å². The van der Waals surface area contributed by atoms with Crippen LogP contribution in [0.2, 0.25) is 0 Å². The SMILES string of the molecule is CCNc1cc(NCCCc2ccccc2)nc(C)n1. The van der Waals surface area contributed by atoms with Crippen molar-refractivity contribution in [1.82, 2.24) is 9.97 Å². The molecular formula is C16H22N4. The van der Waals surface area contributed by atoms with E-state index in [2.05, 4.69) is 51.8 Å². The maximum absolute atomic E-state index is 4.40. The number of hydrogen-bond donors (Lipinski definition) is 2. The predicted octanol–water partition coefficient (Wildman–Crippen LogP) is 3.26. The zero-order chi connectivity index (χ0) is 14.2. The molecule has 0 saturated heterocycles. The van der Waals surface area contributed by atoms with Gasteiger partial charge in [0.25, 0.3) is 0 Å². The Balaban J connectivity index is 1.81. The molecular weight excluding hydrogens is 248 g/mol. The van der Waals surface area contributed by atoms with Crippen LogP contribution < -0.4 is 10.6 Å². The van der Waals surface area contributed by atoms with Crippen molar-refractivity contribution in [1.29, 1.82) is 0 Å². The highest BCUT2D eigenvalue weighted by Gasteiger charge is 2.00. The fraction of sp³-hybridized carbons (Fsp3) is 0.375. The summed E-state index contributed by atoms with van der Waals surface area (Å²) in [4.78, 5) is 8.74. The highest BCUT2D eigenvalue weighted by atomic mass is 15.1. The first-order chi connectivity index (χ1) is 9.78. The highest BCUT2D eigenvalue weighted by Crippen LogP contribution is 2.11. The molecule has 1 aromatic carbocycles. The number of hydrogen-bond acceptors (Lipinski definition) is 4. The van der Waals surface area contributed by atoms with E-state index < -0.39 is 0 Å². The largest absolute Gasteiger partial charge is 0.370 e. The van der Waals surface area contributed by atoms with E-state index in [4.69, 9.17) is 0 Å². The van der Waals surface area contributed by atoms with Gasteiger partial charge in [0.15, 0.2) is 0 Å². The molecule has 106 valence electrons. The predicted molar refractivity (Wildman–Crippen MR) is 84.2 cm³/mol. The van der Waals surface area contributed by atoms with E-state index in [1.807, 2.05) is 19.1 Å². The minimum absolute atomic E-state index is 0.786. The molecule has 0 unspecified atom stereocenters. The number of benzene rings is 1. The molecule has 0 saturated carbocycles. The maximum Gasteiger partial charge on any atom is 0.131 e. The Bertz CT molecular complexity index is 525. The summed E-state index contributed by atoms with van der Waals surface area (Å²) in [6.45, 7) is 5.75. The Morgan fingerprint density at radius 1 is 1.00 bits per heavy atom. The summed E-state index contributed by atoms with van der Waals surface area (Å²) >= 11 is 0. The van der Waals surface area contributed by atoms with E-state index in [1.54, 1.807) is 0 Å². The molecule has 0 spiro atoms. The standard InChI is InChI=1S/C16H22N4/c1-3-17-15-12-16(20-13(2)19-15)18-11-7-10-14-8-5-4-6-9-14/h4-6,8-9,12H,3,7,10-11H2,1-2H3,(H2,17,18,19,20). The lowest BCUT2D eigenvalue weighted by Gasteiger charge is -2.09. The fourth-order valence-electron chi connectivity index (χ4n) is 2.08. The fourth-order valence-corrected chi connectivity index (χ4v) is 2.08. The van der Waals surface area contributed by atoms with E-state index in [1.165, 1.54) is 5.56 Å². The summed E-state index contributed by atoms with van der Waals surface area (Å²) < 4.78 is 0. The van der Waals surface area contributed by atoms with E-state index in [9.17, 15) is 0 Å². The van der Waals surface area contributed by atoms with Crippen LogP contribution in [0.15, 0.2) is 36.4 Å². The van der Waals surface area contributed by atoms with Gasteiger partial charge in [0, 0.05) is 19.2 Å². The van der Waals surface area contributed by atoms with Gasteiger partial charge in [-0.15, -0.1) is 0 Å². The van der Waals surface area contributed by atoms with Crippen molar-refractivity contribution >= 4 is 11.6 Å². The molecule has 20 heavy (non-hydrogen) atoms. The summed E-state index contributed by atoms with van der Waals surface area (Å²) in [7, 11) is 0. The number of nitrogens with zero attached hydrogens (tertiary/aromatic N) is 2. The molecule has 0 aliphatic heterocycles. The Labute approximate surface area is 120 Å². The second kappa shape index (κ2) is 7.48. The topological polar surface area (TPSA) is 49.8 Å². The summed E-state index contributed by atoms with van der Waals surface area (Å²) in [6, 6.07) is 12.5. The Morgan fingerprint density at radius 2 is 1.70 bits per heavy atom. The lowest BCUT2D eigenvalue weighted by molar-refractivity contribution is 0.856. The summed E-state index contributed by atoms with van der Waals surface area (Å²) in [6.07, 6.45) is 2.17. The van der Waals surface area contributed by atoms with Gasteiger partial charge in [-0.2, -0.15) is 0 Å². The Kier molecular flexibility index (Phi) is 5.35. The van der Waals surface area contributed by atoms with E-state index in [-0.39, 0.29) is 0 Å². The molecule has 0 bridgehead atoms. The van der Waals surface area contributed by atoms with Crippen LogP contribution in [0, 0.1) is 6.92 Å². The maximum atomic E-state index is 4.40. The molecule has 1 aromatic heterocycles. The molecule has 2 N–H and O–H groups in total. The van der Waals surface area contributed by atoms with Gasteiger partial charge in [-0.3, -0.25) is 0 Å². The third kappa shape index (κ3) is 4.53. The average molecular weight is 270 g/mol. The lowest BCUT2D eigenvalue weighted by atomic mass is 10.1. The van der Waals surface area contributed by atoms with Gasteiger partial charge in [0.1, 0.15) is 17.5 Å². The van der Waals surface area contributed by atoms with Gasteiger partial charge in [-0.1, -0.05) is 30.3 Å². The van der Waals surface area contributed by atoms with Crippen molar-refractivity contribution in [3.8, 4) is 0 Å². The monoisotopic (exact) mass is 270 g/mol. The molecule has 2 rings (SSSR count). The Morgan fingerprint density at radius 3 is 2.40 bits per heavy atom. The minimum Gasteiger partial charge on any atom is -0.370 e. The van der Waals surface area contributed by atoms with Crippen LogP contribution in [-0.2, 0) is 6.42 Å². The zero-order valence-corrected chi connectivity index (χ0v) is 12.2. The molecule has 4 nitrogen and oxygen atoms in total. The normalized spacial score (nSPS) is 10.3. The van der Waals surface area contributed by atoms with Crippen molar-refractivity contribution in [3.63, 3.8) is 0 Å². The van der Waals surface area contributed by atoms with Crippen molar-refractivity contribution < 1.29 is 0 Å². The number of aromatic nitrogens is 2. The molecule has 0 radical (unpaired) electrons. The molecule has 2 aromatic rings. The van der Waals surface area contributed by atoms with Crippen LogP contribution in [0.5, 0.6) is 0 Å². The highest BCUT2D eigenvalue weighted by molar-refractivity contribution is 5.47. The van der Waals surface area contributed by atoms with E-state index in [0.717, 1.165) is 43.4 Å². The molecule has 0 fully saturated rings. The first-order valence-electron chi connectivity index (χ1n) is 7.15. The number of anilines is 2. The average Bonchev–Trinajstić information content (AvgIpc) is 2.45. The van der Waals surface area contributed by atoms with Gasteiger partial charge < -0.3 is 10.6 Å². The van der Waals surface area contributed by atoms with Crippen molar-refractivity contribution in [2.24, 2.45) is 0 Å². The van der Waals surface area contributed by atoms with Gasteiger partial charge in [0.05, 0.1) is 0 Å². The molecule has 1 heterocycles. The van der Waals surface area contributed by atoms with Gasteiger partial charge in [0.2, 0.25) is 0 Å². The number of nitrogens with one attached hydrogen (secondary N) is 2. The van der Waals surface area contributed by atoms with Crippen LogP contribution in [0.1, 0.15) is 24.7 Å². The van der Waals surface area contributed by atoms with E-state index >= 15 is 0 Å². The number of rotatable bonds is 7. The second-order valence-electron chi connectivity index (χ2n) is 4.73. The first-order valence-corrected chi connectivity index (χ1v) is 7.15.